The van der Waals surface area contributed by atoms with Crippen molar-refractivity contribution in [1.29, 1.82) is 0 Å². The van der Waals surface area contributed by atoms with Crippen molar-refractivity contribution in [3.63, 3.8) is 0 Å². The van der Waals surface area contributed by atoms with Crippen molar-refractivity contribution in [1.82, 2.24) is 0 Å². The lowest BCUT2D eigenvalue weighted by molar-refractivity contribution is 0.0974. The van der Waals surface area contributed by atoms with E-state index in [-0.39, 0.29) is 5.78 Å². The van der Waals surface area contributed by atoms with Gasteiger partial charge in [-0.1, -0.05) is 29.8 Å². The van der Waals surface area contributed by atoms with Crippen molar-refractivity contribution in [2.24, 2.45) is 5.92 Å². The Balaban J connectivity index is 2.77. The van der Waals surface area contributed by atoms with Gasteiger partial charge >= 0.3 is 0 Å². The number of benzene rings is 1. The summed E-state index contributed by atoms with van der Waals surface area (Å²) in [6, 6.07) is 5.33. The van der Waals surface area contributed by atoms with Crippen LogP contribution >= 0.6 is 15.9 Å². The van der Waals surface area contributed by atoms with Crippen molar-refractivity contribution in [2.75, 3.05) is 5.73 Å². The molecule has 0 saturated heterocycles. The van der Waals surface area contributed by atoms with E-state index in [2.05, 4.69) is 29.8 Å². The molecule has 1 aromatic rings. The minimum absolute atomic E-state index is 0.155. The summed E-state index contributed by atoms with van der Waals surface area (Å²) in [4.78, 5) is 11.8. The fraction of sp³-hybridized carbons (Fsp3) is 0.417. The van der Waals surface area contributed by atoms with Gasteiger partial charge in [-0.2, -0.15) is 0 Å². The van der Waals surface area contributed by atoms with Crippen molar-refractivity contribution >= 4 is 27.4 Å². The number of halogens is 1. The number of carbonyl (C=O) groups is 1. The topological polar surface area (TPSA) is 43.1 Å². The van der Waals surface area contributed by atoms with Crippen LogP contribution in [0.2, 0.25) is 0 Å². The van der Waals surface area contributed by atoms with E-state index < -0.39 is 0 Å². The number of carbonyl (C=O) groups excluding carboxylic acids is 1. The number of hydrogen-bond donors (Lipinski definition) is 1. The Hall–Kier alpha value is -0.830. The van der Waals surface area contributed by atoms with Gasteiger partial charge in [0.15, 0.2) is 5.78 Å². The third-order valence-electron chi connectivity index (χ3n) is 2.24. The van der Waals surface area contributed by atoms with Crippen molar-refractivity contribution in [3.05, 3.63) is 28.2 Å². The SMILES string of the molecule is CC(C)CCC(=O)c1cc(N)ccc1Br. The summed E-state index contributed by atoms with van der Waals surface area (Å²) < 4.78 is 0.824. The van der Waals surface area contributed by atoms with Crippen LogP contribution in [0.1, 0.15) is 37.0 Å². The molecule has 2 nitrogen and oxygen atoms in total. The Kier molecular flexibility index (Phi) is 4.33. The molecule has 82 valence electrons. The summed E-state index contributed by atoms with van der Waals surface area (Å²) in [5.74, 6) is 0.705. The molecule has 0 heterocycles. The maximum absolute atomic E-state index is 11.8. The quantitative estimate of drug-likeness (QED) is 0.670. The molecule has 0 aliphatic heterocycles. The van der Waals surface area contributed by atoms with Crippen LogP contribution in [0.3, 0.4) is 0 Å². The molecule has 15 heavy (non-hydrogen) atoms. The first kappa shape index (κ1) is 12.2. The predicted molar refractivity (Wildman–Crippen MR) is 67.0 cm³/mol. The summed E-state index contributed by atoms with van der Waals surface area (Å²) in [7, 11) is 0. The lowest BCUT2D eigenvalue weighted by Crippen LogP contribution is -2.03. The van der Waals surface area contributed by atoms with E-state index in [0.29, 0.717) is 23.6 Å². The van der Waals surface area contributed by atoms with Crippen molar-refractivity contribution < 1.29 is 4.79 Å². The number of nitrogens with two attached hydrogens (primary N) is 1. The summed E-state index contributed by atoms with van der Waals surface area (Å²) in [5, 5.41) is 0. The van der Waals surface area contributed by atoms with E-state index in [4.69, 9.17) is 5.73 Å². The molecule has 0 aliphatic rings. The van der Waals surface area contributed by atoms with Crippen LogP contribution in [0.15, 0.2) is 22.7 Å². The number of hydrogen-bond acceptors (Lipinski definition) is 2. The van der Waals surface area contributed by atoms with Gasteiger partial charge in [-0.05, 0) is 30.5 Å². The zero-order valence-corrected chi connectivity index (χ0v) is 10.7. The minimum atomic E-state index is 0.155. The predicted octanol–water partition coefficient (Wildman–Crippen LogP) is 3.65. The first-order valence-electron chi connectivity index (χ1n) is 5.09. The molecular formula is C12H16BrNO. The molecule has 0 saturated carbocycles. The van der Waals surface area contributed by atoms with Crippen molar-refractivity contribution in [3.8, 4) is 0 Å². The highest BCUT2D eigenvalue weighted by molar-refractivity contribution is 9.10. The average Bonchev–Trinajstić information content (AvgIpc) is 2.18. The highest BCUT2D eigenvalue weighted by atomic mass is 79.9. The highest BCUT2D eigenvalue weighted by Gasteiger charge is 2.10. The molecule has 1 rings (SSSR count). The number of Topliss-reactive ketones (excluding diaryl/α,β-unsaturated/α-hetero) is 1. The molecule has 0 radical (unpaired) electrons. The van der Waals surface area contributed by atoms with E-state index in [9.17, 15) is 4.79 Å². The molecule has 0 bridgehead atoms. The van der Waals surface area contributed by atoms with Gasteiger partial charge in [-0.3, -0.25) is 4.79 Å². The molecule has 0 amide bonds. The zero-order valence-electron chi connectivity index (χ0n) is 9.09. The van der Waals surface area contributed by atoms with Crippen LogP contribution in [0.4, 0.5) is 5.69 Å². The second-order valence-corrected chi connectivity index (χ2v) is 4.95. The normalized spacial score (nSPS) is 10.7. The monoisotopic (exact) mass is 269 g/mol. The number of rotatable bonds is 4. The largest absolute Gasteiger partial charge is 0.399 e. The van der Waals surface area contributed by atoms with E-state index in [1.807, 2.05) is 6.07 Å². The molecule has 0 aliphatic carbocycles. The molecule has 0 fully saturated rings. The molecule has 0 spiro atoms. The highest BCUT2D eigenvalue weighted by Crippen LogP contribution is 2.22. The Morgan fingerprint density at radius 3 is 2.73 bits per heavy atom. The van der Waals surface area contributed by atoms with E-state index in [1.165, 1.54) is 0 Å². The van der Waals surface area contributed by atoms with Crippen LogP contribution in [-0.4, -0.2) is 5.78 Å². The van der Waals surface area contributed by atoms with Gasteiger partial charge in [-0.25, -0.2) is 0 Å². The van der Waals surface area contributed by atoms with Gasteiger partial charge in [0.1, 0.15) is 0 Å². The lowest BCUT2D eigenvalue weighted by Gasteiger charge is -2.06. The minimum Gasteiger partial charge on any atom is -0.399 e. The molecule has 0 aromatic heterocycles. The Morgan fingerprint density at radius 1 is 1.47 bits per heavy atom. The van der Waals surface area contributed by atoms with E-state index in [0.717, 1.165) is 10.9 Å². The van der Waals surface area contributed by atoms with Gasteiger partial charge in [0, 0.05) is 22.1 Å². The average molecular weight is 270 g/mol. The van der Waals surface area contributed by atoms with Gasteiger partial charge < -0.3 is 5.73 Å². The van der Waals surface area contributed by atoms with Crippen LogP contribution in [-0.2, 0) is 0 Å². The Bertz CT molecular complexity index is 361. The van der Waals surface area contributed by atoms with E-state index in [1.54, 1.807) is 12.1 Å². The van der Waals surface area contributed by atoms with Crippen LogP contribution in [0, 0.1) is 5.92 Å². The number of nitrogen functional groups attached to an aromatic ring is 1. The van der Waals surface area contributed by atoms with E-state index >= 15 is 0 Å². The van der Waals surface area contributed by atoms with Crippen LogP contribution < -0.4 is 5.73 Å². The summed E-state index contributed by atoms with van der Waals surface area (Å²) in [6.45, 7) is 4.23. The molecular weight excluding hydrogens is 254 g/mol. The first-order valence-corrected chi connectivity index (χ1v) is 5.88. The van der Waals surface area contributed by atoms with Crippen molar-refractivity contribution in [2.45, 2.75) is 26.7 Å². The Morgan fingerprint density at radius 2 is 2.13 bits per heavy atom. The van der Waals surface area contributed by atoms with Gasteiger partial charge in [0.2, 0.25) is 0 Å². The van der Waals surface area contributed by atoms with Crippen LogP contribution in [0.25, 0.3) is 0 Å². The summed E-state index contributed by atoms with van der Waals surface area (Å²) >= 11 is 3.36. The molecule has 2 N–H and O–H groups in total. The second-order valence-electron chi connectivity index (χ2n) is 4.09. The van der Waals surface area contributed by atoms with Gasteiger partial charge in [0.25, 0.3) is 0 Å². The third-order valence-corrected chi connectivity index (χ3v) is 2.93. The maximum Gasteiger partial charge on any atom is 0.164 e. The molecule has 1 aromatic carbocycles. The summed E-state index contributed by atoms with van der Waals surface area (Å²) in [5.41, 5.74) is 6.97. The summed E-state index contributed by atoms with van der Waals surface area (Å²) in [6.07, 6.45) is 1.50. The lowest BCUT2D eigenvalue weighted by atomic mass is 10.0. The molecule has 0 atom stereocenters. The smallest absolute Gasteiger partial charge is 0.164 e. The fourth-order valence-electron chi connectivity index (χ4n) is 1.31. The first-order chi connectivity index (χ1) is 7.00. The fourth-order valence-corrected chi connectivity index (χ4v) is 1.78. The molecule has 0 unspecified atom stereocenters. The van der Waals surface area contributed by atoms with Gasteiger partial charge in [0.05, 0.1) is 0 Å². The van der Waals surface area contributed by atoms with Crippen LogP contribution in [0.5, 0.6) is 0 Å². The zero-order chi connectivity index (χ0) is 11.4. The molecule has 3 heteroatoms. The number of anilines is 1. The standard InChI is InChI=1S/C12H16BrNO/c1-8(2)3-6-12(15)10-7-9(14)4-5-11(10)13/h4-5,7-8H,3,6,14H2,1-2H3. The second kappa shape index (κ2) is 5.31. The maximum atomic E-state index is 11.8. The number of ketones is 1. The van der Waals surface area contributed by atoms with Gasteiger partial charge in [-0.15, -0.1) is 0 Å². The third kappa shape index (κ3) is 3.67. The Labute approximate surface area is 99.0 Å².